The van der Waals surface area contributed by atoms with E-state index in [1.807, 2.05) is 39.6 Å². The number of aliphatic hydroxyl groups excluding tert-OH is 3. The number of aryl methyl sites for hydroxylation is 1. The molecule has 27 nitrogen and oxygen atoms in total. The maximum Gasteiger partial charge on any atom is 0.162 e. The summed E-state index contributed by atoms with van der Waals surface area (Å²) >= 11 is 0. The number of nitrogens with zero attached hydrogens (tertiary/aromatic N) is 21. The number of anilines is 6. The number of hydrogen-bond donors (Lipinski definition) is 3. The second kappa shape index (κ2) is 30.0. The molecule has 0 saturated carbocycles. The van der Waals surface area contributed by atoms with E-state index in [0.29, 0.717) is 0 Å². The summed E-state index contributed by atoms with van der Waals surface area (Å²) in [7, 11) is 0. The van der Waals surface area contributed by atoms with Gasteiger partial charge < -0.3 is 58.9 Å². The Labute approximate surface area is 560 Å². The van der Waals surface area contributed by atoms with Crippen LogP contribution >= 0.6 is 0 Å². The molecular weight excluding hydrogens is 1220 g/mol. The minimum Gasteiger partial charge on any atom is -0.388 e. The quantitative estimate of drug-likeness (QED) is 0.0957. The summed E-state index contributed by atoms with van der Waals surface area (Å²) in [6.07, 6.45) is 15.5. The predicted octanol–water partition coefficient (Wildman–Crippen LogP) is 7.38. The Balaban J connectivity index is 0.000000130. The third-order valence-electron chi connectivity index (χ3n) is 19.7. The second-order valence-electron chi connectivity index (χ2n) is 27.5. The molecule has 15 rings (SSSR count). The van der Waals surface area contributed by atoms with Gasteiger partial charge in [0.05, 0.1) is 82.1 Å². The van der Waals surface area contributed by atoms with Gasteiger partial charge in [-0.3, -0.25) is 14.0 Å². The van der Waals surface area contributed by atoms with E-state index in [0.717, 1.165) is 247 Å². The molecule has 9 aromatic rings. The third kappa shape index (κ3) is 15.1. The highest BCUT2D eigenvalue weighted by atomic mass is 16.5. The molecule has 6 aromatic heterocycles. The van der Waals surface area contributed by atoms with Crippen LogP contribution in [0.25, 0.3) is 32.7 Å². The van der Waals surface area contributed by atoms with Gasteiger partial charge in [-0.1, -0.05) is 0 Å². The number of morpholine rings is 3. The first-order chi connectivity index (χ1) is 46.7. The van der Waals surface area contributed by atoms with Crippen molar-refractivity contribution in [3.63, 3.8) is 0 Å². The Hall–Kier alpha value is -8.34. The van der Waals surface area contributed by atoms with Crippen molar-refractivity contribution in [2.45, 2.75) is 117 Å². The third-order valence-corrected chi connectivity index (χ3v) is 19.7. The molecule has 510 valence electrons. The molecule has 6 fully saturated rings. The molecule has 0 amide bonds. The van der Waals surface area contributed by atoms with Crippen molar-refractivity contribution in [2.75, 3.05) is 148 Å². The lowest BCUT2D eigenvalue weighted by Gasteiger charge is -2.35. The van der Waals surface area contributed by atoms with Gasteiger partial charge in [-0.25, -0.2) is 0 Å². The summed E-state index contributed by atoms with van der Waals surface area (Å²) in [4.78, 5) is 13.7. The van der Waals surface area contributed by atoms with E-state index < -0.39 is 18.3 Å². The van der Waals surface area contributed by atoms with Crippen LogP contribution in [0.15, 0.2) is 91.8 Å². The lowest BCUT2D eigenvalue weighted by molar-refractivity contribution is 0.0976. The summed E-state index contributed by atoms with van der Waals surface area (Å²) in [5.74, 6) is 2.88. The van der Waals surface area contributed by atoms with Crippen molar-refractivity contribution >= 4 is 67.2 Å². The van der Waals surface area contributed by atoms with Crippen molar-refractivity contribution in [3.8, 4) is 0 Å². The lowest BCUT2D eigenvalue weighted by atomic mass is 9.89. The fraction of sp³-hybridized carbons (Fsp3) is 0.565. The van der Waals surface area contributed by atoms with Gasteiger partial charge in [0.25, 0.3) is 0 Å². The van der Waals surface area contributed by atoms with Gasteiger partial charge in [0.1, 0.15) is 16.6 Å². The average Bonchev–Trinajstić information content (AvgIpc) is 0.932. The molecule has 6 aliphatic rings. The molecule has 12 heterocycles. The molecule has 6 saturated heterocycles. The number of rotatable bonds is 14. The molecule has 3 N–H and O–H groups in total. The van der Waals surface area contributed by atoms with Crippen LogP contribution in [-0.2, 0) is 26.3 Å². The van der Waals surface area contributed by atoms with Crippen molar-refractivity contribution in [1.29, 1.82) is 0 Å². The molecular formula is C69H93N21O6. The molecule has 0 radical (unpaired) electrons. The van der Waals surface area contributed by atoms with Crippen LogP contribution in [0, 0.1) is 17.8 Å². The molecule has 0 spiro atoms. The average molecular weight is 1310 g/mol. The van der Waals surface area contributed by atoms with Crippen LogP contribution in [0.3, 0.4) is 0 Å². The number of aromatic nitrogens is 15. The lowest BCUT2D eigenvalue weighted by Crippen LogP contribution is -2.38. The Morgan fingerprint density at radius 2 is 0.812 bits per heavy atom. The van der Waals surface area contributed by atoms with E-state index in [1.54, 1.807) is 18.6 Å². The van der Waals surface area contributed by atoms with Crippen molar-refractivity contribution in [2.24, 2.45) is 17.8 Å². The molecule has 3 aromatic carbocycles. The van der Waals surface area contributed by atoms with Gasteiger partial charge in [0.15, 0.2) is 17.5 Å². The molecule has 6 aliphatic heterocycles. The SMILES string of the molecule is CC(C)(C)n1cc([C@@H](O)[C@H]2CCCN(c3nnnc4cc(N5CCOCC5)ccc34)C2)cn1.CC(C)n1cc([C@@H](O)[C@H]2CCCN(c3nnnc4cc(N5CCOCC5)ccc34)C2)cn1.CCn1cc([C@@H](O)[C@H]2CCCN(c3nnnc4cc(N5CCOCC5)ccc34)C2)cn1. The van der Waals surface area contributed by atoms with Gasteiger partial charge >= 0.3 is 0 Å². The second-order valence-corrected chi connectivity index (χ2v) is 27.5. The Kier molecular flexibility index (Phi) is 20.7. The van der Waals surface area contributed by atoms with Crippen LogP contribution in [0.2, 0.25) is 0 Å². The molecule has 0 unspecified atom stereocenters. The first-order valence-corrected chi connectivity index (χ1v) is 34.5. The Bertz CT molecular complexity index is 4010. The number of piperidine rings is 3. The monoisotopic (exact) mass is 1310 g/mol. The minimum atomic E-state index is -0.558. The van der Waals surface area contributed by atoms with Gasteiger partial charge in [0, 0.05) is 177 Å². The normalized spacial score (nSPS) is 20.9. The van der Waals surface area contributed by atoms with E-state index in [-0.39, 0.29) is 29.3 Å². The highest BCUT2D eigenvalue weighted by Gasteiger charge is 2.34. The van der Waals surface area contributed by atoms with Gasteiger partial charge in [-0.15, -0.1) is 30.6 Å². The van der Waals surface area contributed by atoms with E-state index in [9.17, 15) is 15.3 Å². The van der Waals surface area contributed by atoms with E-state index in [2.05, 4.69) is 180 Å². The van der Waals surface area contributed by atoms with E-state index in [1.165, 1.54) is 0 Å². The summed E-state index contributed by atoms with van der Waals surface area (Å²) in [5, 5.41) is 87.7. The fourth-order valence-electron chi connectivity index (χ4n) is 14.2. The van der Waals surface area contributed by atoms with Crippen LogP contribution in [-0.4, -0.2) is 209 Å². The highest BCUT2D eigenvalue weighted by Crippen LogP contribution is 2.39. The molecule has 96 heavy (non-hydrogen) atoms. The Morgan fingerprint density at radius 3 is 1.16 bits per heavy atom. The highest BCUT2D eigenvalue weighted by molar-refractivity contribution is 5.93. The first kappa shape index (κ1) is 66.3. The smallest absolute Gasteiger partial charge is 0.162 e. The fourth-order valence-corrected chi connectivity index (χ4v) is 14.2. The number of benzene rings is 3. The van der Waals surface area contributed by atoms with Gasteiger partial charge in [0.2, 0.25) is 0 Å². The van der Waals surface area contributed by atoms with Gasteiger partial charge in [-0.2, -0.15) is 15.3 Å². The number of ether oxygens (including phenoxy) is 3. The van der Waals surface area contributed by atoms with Crippen LogP contribution < -0.4 is 29.4 Å². The summed E-state index contributed by atoms with van der Waals surface area (Å²) < 4.78 is 22.1. The minimum absolute atomic E-state index is 0.106. The number of hydrogen-bond acceptors (Lipinski definition) is 24. The zero-order chi connectivity index (χ0) is 66.3. The van der Waals surface area contributed by atoms with Crippen molar-refractivity contribution in [3.05, 3.63) is 108 Å². The predicted molar refractivity (Wildman–Crippen MR) is 369 cm³/mol. The summed E-state index contributed by atoms with van der Waals surface area (Å²) in [6, 6.07) is 19.3. The van der Waals surface area contributed by atoms with Crippen molar-refractivity contribution < 1.29 is 29.5 Å². The first-order valence-electron chi connectivity index (χ1n) is 34.5. The zero-order valence-corrected chi connectivity index (χ0v) is 56.3. The maximum absolute atomic E-state index is 11.1. The van der Waals surface area contributed by atoms with Crippen molar-refractivity contribution in [1.82, 2.24) is 75.6 Å². The molecule has 6 atom stereocenters. The van der Waals surface area contributed by atoms with E-state index in [4.69, 9.17) is 14.2 Å². The standard InChI is InChI=1S/C24H33N7O2.C23H31N7O2.C22H29N7O2/c1-24(2,3)31-16-18(14-25-31)22(32)17-5-4-8-30(15-17)23-20-7-6-19(13-21(20)26-28-27-23)29-9-11-33-12-10-29;1-16(2)30-15-18(13-24-30)22(31)17-4-3-7-29(14-17)23-20-6-5-19(12-21(20)25-27-26-23)28-8-10-32-11-9-28;1-2-29-15-17(13-23-29)21(30)16-4-3-7-28(14-16)22-19-6-5-18(12-20(19)24-26-25-22)27-8-10-31-11-9-27/h6-7,13-14,16-17,22,32H,4-5,8-12,15H2,1-3H3;5-6,12-13,15-17,22,31H,3-4,7-11,14H2,1-2H3;5-6,12-13,15-16,21,30H,2-4,7-11,14H2,1H3/t2*17-,22-;16-,21-/m000/s1. The maximum atomic E-state index is 11.1. The van der Waals surface area contributed by atoms with Crippen LogP contribution in [0.5, 0.6) is 0 Å². The van der Waals surface area contributed by atoms with E-state index >= 15 is 0 Å². The number of fused-ring (bicyclic) bond motifs is 3. The zero-order valence-electron chi connectivity index (χ0n) is 56.3. The molecule has 0 aliphatic carbocycles. The van der Waals surface area contributed by atoms with Gasteiger partial charge in [-0.05, 0) is 150 Å². The molecule has 27 heteroatoms. The van der Waals surface area contributed by atoms with Crippen LogP contribution in [0.1, 0.15) is 121 Å². The summed E-state index contributed by atoms with van der Waals surface area (Å²) in [5.41, 5.74) is 8.49. The topological polar surface area (TPSA) is 277 Å². The largest absolute Gasteiger partial charge is 0.388 e. The Morgan fingerprint density at radius 1 is 0.448 bits per heavy atom. The number of aliphatic hydroxyl groups is 3. The van der Waals surface area contributed by atoms with Crippen LogP contribution in [0.4, 0.5) is 34.5 Å². The molecule has 0 bridgehead atoms. The summed E-state index contributed by atoms with van der Waals surface area (Å²) in [6.45, 7) is 28.0.